The minimum atomic E-state index is -0.221. The number of nitrogens with one attached hydrogen (secondary N) is 1. The van der Waals surface area contributed by atoms with Gasteiger partial charge in [0.15, 0.2) is 10.9 Å². The van der Waals surface area contributed by atoms with Crippen LogP contribution in [0.15, 0.2) is 52.2 Å². The summed E-state index contributed by atoms with van der Waals surface area (Å²) in [4.78, 5) is 31.3. The van der Waals surface area contributed by atoms with Crippen molar-refractivity contribution in [1.29, 1.82) is 0 Å². The molecule has 0 aliphatic carbocycles. The molecule has 9 heteroatoms. The molecule has 1 aliphatic heterocycles. The molecule has 3 aromatic rings. The standard InChI is InChI=1S/C27H36N6O2S/c1-5-32-14-16-33(17-15-32)24-18-23(27(2,3)4)30-26(31-24)36-19-21-9-10-22(35-21)25(34)29-13-11-20-8-6-7-12-28-20/h6-10,12,18H,5,11,13-17,19H2,1-4H3,(H,29,34). The minimum Gasteiger partial charge on any atom is -0.455 e. The third-order valence-electron chi connectivity index (χ3n) is 6.23. The summed E-state index contributed by atoms with van der Waals surface area (Å²) in [7, 11) is 0. The van der Waals surface area contributed by atoms with E-state index >= 15 is 0 Å². The number of nitrogens with zero attached hydrogens (tertiary/aromatic N) is 5. The van der Waals surface area contributed by atoms with Crippen molar-refractivity contribution in [3.8, 4) is 0 Å². The van der Waals surface area contributed by atoms with Crippen molar-refractivity contribution in [2.24, 2.45) is 0 Å². The van der Waals surface area contributed by atoms with E-state index in [1.807, 2.05) is 24.3 Å². The lowest BCUT2D eigenvalue weighted by Crippen LogP contribution is -2.46. The van der Waals surface area contributed by atoms with Crippen molar-refractivity contribution < 1.29 is 9.21 Å². The molecule has 192 valence electrons. The van der Waals surface area contributed by atoms with Gasteiger partial charge < -0.3 is 19.5 Å². The van der Waals surface area contributed by atoms with Crippen LogP contribution in [0.3, 0.4) is 0 Å². The van der Waals surface area contributed by atoms with Crippen LogP contribution in [-0.4, -0.2) is 65.0 Å². The summed E-state index contributed by atoms with van der Waals surface area (Å²) in [6.07, 6.45) is 2.43. The second-order valence-electron chi connectivity index (χ2n) is 9.95. The number of furan rings is 1. The van der Waals surface area contributed by atoms with Crippen LogP contribution in [0, 0.1) is 0 Å². The summed E-state index contributed by atoms with van der Waals surface area (Å²) in [5.74, 6) is 2.35. The number of aromatic nitrogens is 3. The maximum Gasteiger partial charge on any atom is 0.287 e. The fourth-order valence-electron chi connectivity index (χ4n) is 3.97. The maximum absolute atomic E-state index is 12.5. The van der Waals surface area contributed by atoms with Gasteiger partial charge in [0.2, 0.25) is 0 Å². The highest BCUT2D eigenvalue weighted by atomic mass is 32.2. The lowest BCUT2D eigenvalue weighted by atomic mass is 9.92. The van der Waals surface area contributed by atoms with Gasteiger partial charge in [0.25, 0.3) is 5.91 Å². The first kappa shape index (κ1) is 26.2. The molecule has 0 spiro atoms. The third-order valence-corrected chi connectivity index (χ3v) is 7.10. The summed E-state index contributed by atoms with van der Waals surface area (Å²) in [6, 6.07) is 11.5. The summed E-state index contributed by atoms with van der Waals surface area (Å²) in [5.41, 5.74) is 1.89. The van der Waals surface area contributed by atoms with Crippen molar-refractivity contribution in [1.82, 2.24) is 25.2 Å². The number of hydrogen-bond acceptors (Lipinski definition) is 8. The van der Waals surface area contributed by atoms with Crippen LogP contribution in [0.4, 0.5) is 5.82 Å². The summed E-state index contributed by atoms with van der Waals surface area (Å²) in [5, 5.41) is 3.63. The van der Waals surface area contributed by atoms with Crippen LogP contribution in [0.1, 0.15) is 55.4 Å². The van der Waals surface area contributed by atoms with Crippen LogP contribution in [0.25, 0.3) is 0 Å². The summed E-state index contributed by atoms with van der Waals surface area (Å²) in [6.45, 7) is 14.3. The Kier molecular flexibility index (Phi) is 8.64. The molecule has 0 atom stereocenters. The Bertz CT molecular complexity index is 1140. The van der Waals surface area contributed by atoms with Crippen molar-refractivity contribution in [2.75, 3.05) is 44.2 Å². The van der Waals surface area contributed by atoms with E-state index in [1.165, 1.54) is 11.8 Å². The van der Waals surface area contributed by atoms with Gasteiger partial charge in [-0.05, 0) is 30.8 Å². The van der Waals surface area contributed by atoms with Gasteiger partial charge in [-0.2, -0.15) is 0 Å². The molecule has 4 rings (SSSR count). The average Bonchev–Trinajstić information content (AvgIpc) is 3.37. The van der Waals surface area contributed by atoms with E-state index in [2.05, 4.69) is 53.9 Å². The van der Waals surface area contributed by atoms with E-state index in [-0.39, 0.29) is 11.3 Å². The van der Waals surface area contributed by atoms with Gasteiger partial charge in [0.05, 0.1) is 11.4 Å². The highest BCUT2D eigenvalue weighted by Gasteiger charge is 2.23. The molecule has 0 saturated carbocycles. The quantitative estimate of drug-likeness (QED) is 0.340. The molecule has 36 heavy (non-hydrogen) atoms. The van der Waals surface area contributed by atoms with Crippen LogP contribution in [0.2, 0.25) is 0 Å². The van der Waals surface area contributed by atoms with Gasteiger partial charge >= 0.3 is 0 Å². The van der Waals surface area contributed by atoms with Crippen LogP contribution in [-0.2, 0) is 17.6 Å². The van der Waals surface area contributed by atoms with Crippen LogP contribution in [0.5, 0.6) is 0 Å². The van der Waals surface area contributed by atoms with Crippen LogP contribution < -0.4 is 10.2 Å². The molecule has 1 saturated heterocycles. The second kappa shape index (κ2) is 11.9. The maximum atomic E-state index is 12.5. The highest BCUT2D eigenvalue weighted by Crippen LogP contribution is 2.29. The van der Waals surface area contributed by atoms with Gasteiger partial charge in [-0.15, -0.1) is 0 Å². The molecule has 1 amide bonds. The fourth-order valence-corrected chi connectivity index (χ4v) is 4.71. The number of pyridine rings is 1. The molecule has 0 radical (unpaired) electrons. The Morgan fingerprint density at radius 3 is 2.61 bits per heavy atom. The smallest absolute Gasteiger partial charge is 0.287 e. The molecule has 0 unspecified atom stereocenters. The highest BCUT2D eigenvalue weighted by molar-refractivity contribution is 7.98. The molecule has 1 fully saturated rings. The van der Waals surface area contributed by atoms with E-state index in [0.717, 1.165) is 60.8 Å². The Morgan fingerprint density at radius 1 is 1.11 bits per heavy atom. The molecule has 1 N–H and O–H groups in total. The zero-order valence-electron chi connectivity index (χ0n) is 21.7. The van der Waals surface area contributed by atoms with Gasteiger partial charge in [0, 0.05) is 62.5 Å². The SMILES string of the molecule is CCN1CCN(c2cc(C(C)(C)C)nc(SCc3ccc(C(=O)NCCc4ccccn4)o3)n2)CC1. The van der Waals surface area contributed by atoms with Gasteiger partial charge in [-0.25, -0.2) is 9.97 Å². The first-order valence-electron chi connectivity index (χ1n) is 12.6. The predicted octanol–water partition coefficient (Wildman–Crippen LogP) is 4.17. The molecular formula is C27H36N6O2S. The molecule has 0 aromatic carbocycles. The Morgan fingerprint density at radius 2 is 1.92 bits per heavy atom. The summed E-state index contributed by atoms with van der Waals surface area (Å²) < 4.78 is 5.82. The van der Waals surface area contributed by atoms with Crippen LogP contribution >= 0.6 is 11.8 Å². The number of rotatable bonds is 9. The number of carbonyl (C=O) groups excluding carboxylic acids is 1. The minimum absolute atomic E-state index is 0.0799. The number of anilines is 1. The van der Waals surface area contributed by atoms with Gasteiger partial charge in [0.1, 0.15) is 11.6 Å². The Labute approximate surface area is 217 Å². The fraction of sp³-hybridized carbons (Fsp3) is 0.481. The van der Waals surface area contributed by atoms with Crippen molar-refractivity contribution in [3.63, 3.8) is 0 Å². The van der Waals surface area contributed by atoms with Crippen molar-refractivity contribution >= 4 is 23.5 Å². The molecule has 8 nitrogen and oxygen atoms in total. The van der Waals surface area contributed by atoms with E-state index in [9.17, 15) is 4.79 Å². The largest absolute Gasteiger partial charge is 0.455 e. The van der Waals surface area contributed by atoms with Crippen molar-refractivity contribution in [2.45, 2.75) is 50.4 Å². The number of carbonyl (C=O) groups is 1. The predicted molar refractivity (Wildman–Crippen MR) is 144 cm³/mol. The Hall–Kier alpha value is -2.91. The third kappa shape index (κ3) is 7.07. The second-order valence-corrected chi connectivity index (χ2v) is 10.9. The zero-order chi connectivity index (χ0) is 25.5. The molecule has 4 heterocycles. The first-order valence-corrected chi connectivity index (χ1v) is 13.6. The van der Waals surface area contributed by atoms with Gasteiger partial charge in [-0.3, -0.25) is 9.78 Å². The zero-order valence-corrected chi connectivity index (χ0v) is 22.5. The Balaban J connectivity index is 1.37. The first-order chi connectivity index (χ1) is 17.3. The lowest BCUT2D eigenvalue weighted by Gasteiger charge is -2.35. The van der Waals surface area contributed by atoms with E-state index in [0.29, 0.717) is 24.5 Å². The summed E-state index contributed by atoms with van der Waals surface area (Å²) >= 11 is 1.53. The molecule has 1 aliphatic rings. The lowest BCUT2D eigenvalue weighted by molar-refractivity contribution is 0.0925. The van der Waals surface area contributed by atoms with E-state index in [4.69, 9.17) is 14.4 Å². The number of amides is 1. The molecular weight excluding hydrogens is 472 g/mol. The number of hydrogen-bond donors (Lipinski definition) is 1. The molecule has 3 aromatic heterocycles. The van der Waals surface area contributed by atoms with E-state index < -0.39 is 0 Å². The topological polar surface area (TPSA) is 87.4 Å². The van der Waals surface area contributed by atoms with E-state index in [1.54, 1.807) is 12.3 Å². The van der Waals surface area contributed by atoms with Gasteiger partial charge in [-0.1, -0.05) is 45.5 Å². The average molecular weight is 509 g/mol. The number of thioether (sulfide) groups is 1. The number of likely N-dealkylation sites (N-methyl/N-ethyl adjacent to an activating group) is 1. The monoisotopic (exact) mass is 508 g/mol. The number of piperazine rings is 1. The normalized spacial score (nSPS) is 14.7. The molecule has 0 bridgehead atoms. The van der Waals surface area contributed by atoms with Crippen molar-refractivity contribution in [3.05, 3.63) is 65.5 Å².